The second-order valence-corrected chi connectivity index (χ2v) is 8.30. The molecule has 4 rings (SSSR count). The Hall–Kier alpha value is -2.25. The van der Waals surface area contributed by atoms with E-state index >= 15 is 0 Å². The summed E-state index contributed by atoms with van der Waals surface area (Å²) in [6.45, 7) is 7.40. The summed E-state index contributed by atoms with van der Waals surface area (Å²) in [4.78, 5) is 19.0. The van der Waals surface area contributed by atoms with Crippen LogP contribution >= 0.6 is 11.3 Å². The minimum atomic E-state index is 0.817. The Kier molecular flexibility index (Phi) is 5.22. The molecule has 0 atom stereocenters. The minimum absolute atomic E-state index is 0.817. The molecule has 0 spiro atoms. The Bertz CT molecular complexity index is 928. The van der Waals surface area contributed by atoms with E-state index in [4.69, 9.17) is 9.97 Å². The quantitative estimate of drug-likeness (QED) is 0.678. The second-order valence-electron chi connectivity index (χ2n) is 7.10. The van der Waals surface area contributed by atoms with Gasteiger partial charge >= 0.3 is 0 Å². The molecule has 0 aromatic carbocycles. The summed E-state index contributed by atoms with van der Waals surface area (Å²) < 4.78 is 0. The fourth-order valence-electron chi connectivity index (χ4n) is 3.52. The Morgan fingerprint density at radius 1 is 1.11 bits per heavy atom. The van der Waals surface area contributed by atoms with Gasteiger partial charge in [0.25, 0.3) is 0 Å². The van der Waals surface area contributed by atoms with Crippen molar-refractivity contribution in [1.29, 1.82) is 0 Å². The molecule has 6 nitrogen and oxygen atoms in total. The molecular weight excluding hydrogens is 356 g/mol. The fourth-order valence-corrected chi connectivity index (χ4v) is 4.57. The predicted molar refractivity (Wildman–Crippen MR) is 113 cm³/mol. The summed E-state index contributed by atoms with van der Waals surface area (Å²) in [6.07, 6.45) is 5.71. The Morgan fingerprint density at radius 3 is 2.63 bits per heavy atom. The highest BCUT2D eigenvalue weighted by Crippen LogP contribution is 2.34. The maximum atomic E-state index is 4.91. The van der Waals surface area contributed by atoms with Gasteiger partial charge in [-0.3, -0.25) is 4.90 Å². The van der Waals surface area contributed by atoms with Crippen molar-refractivity contribution in [1.82, 2.24) is 19.9 Å². The molecule has 3 aromatic heterocycles. The van der Waals surface area contributed by atoms with Gasteiger partial charge in [-0.05, 0) is 57.5 Å². The normalized spacial score (nSPS) is 15.2. The van der Waals surface area contributed by atoms with Crippen LogP contribution in [-0.4, -0.2) is 40.0 Å². The number of piperidine rings is 1. The van der Waals surface area contributed by atoms with Crippen molar-refractivity contribution in [2.45, 2.75) is 39.7 Å². The van der Waals surface area contributed by atoms with Crippen molar-refractivity contribution < 1.29 is 0 Å². The molecule has 1 aliphatic heterocycles. The molecular formula is C20H26N6S. The van der Waals surface area contributed by atoms with E-state index in [-0.39, 0.29) is 0 Å². The SMILES string of the molecule is CNc1ccc(Nc2nc(CN3CCCCC3)nc3sc(C)c(C)c23)cn1. The lowest BCUT2D eigenvalue weighted by atomic mass is 10.1. The van der Waals surface area contributed by atoms with E-state index in [2.05, 4.69) is 34.4 Å². The lowest BCUT2D eigenvalue weighted by Gasteiger charge is -2.25. The van der Waals surface area contributed by atoms with Crippen LogP contribution in [-0.2, 0) is 6.54 Å². The van der Waals surface area contributed by atoms with Gasteiger partial charge in [-0.1, -0.05) is 6.42 Å². The molecule has 0 bridgehead atoms. The van der Waals surface area contributed by atoms with Crippen molar-refractivity contribution in [2.24, 2.45) is 0 Å². The molecule has 3 aromatic rings. The van der Waals surface area contributed by atoms with Gasteiger partial charge in [0, 0.05) is 11.9 Å². The molecule has 1 aliphatic rings. The molecule has 0 aliphatic carbocycles. The molecule has 142 valence electrons. The number of hydrogen-bond donors (Lipinski definition) is 2. The Morgan fingerprint density at radius 2 is 1.93 bits per heavy atom. The number of fused-ring (bicyclic) bond motifs is 1. The molecule has 4 heterocycles. The minimum Gasteiger partial charge on any atom is -0.373 e. The van der Waals surface area contributed by atoms with Crippen molar-refractivity contribution in [3.05, 3.63) is 34.6 Å². The molecule has 0 radical (unpaired) electrons. The third-order valence-corrected chi connectivity index (χ3v) is 6.27. The highest BCUT2D eigenvalue weighted by molar-refractivity contribution is 7.18. The Labute approximate surface area is 164 Å². The first kappa shape index (κ1) is 18.1. The number of pyridine rings is 1. The van der Waals surface area contributed by atoms with Gasteiger partial charge in [0.1, 0.15) is 22.3 Å². The van der Waals surface area contributed by atoms with E-state index in [1.54, 1.807) is 11.3 Å². The van der Waals surface area contributed by atoms with Crippen LogP contribution < -0.4 is 10.6 Å². The molecule has 27 heavy (non-hydrogen) atoms. The molecule has 2 N–H and O–H groups in total. The van der Waals surface area contributed by atoms with Crippen molar-refractivity contribution in [3.8, 4) is 0 Å². The number of aromatic nitrogens is 3. The van der Waals surface area contributed by atoms with Crippen LogP contribution in [0.4, 0.5) is 17.3 Å². The average Bonchev–Trinajstić information content (AvgIpc) is 2.97. The van der Waals surface area contributed by atoms with Crippen molar-refractivity contribution in [2.75, 3.05) is 30.8 Å². The van der Waals surface area contributed by atoms with Crippen LogP contribution in [0.1, 0.15) is 35.5 Å². The predicted octanol–water partition coefficient (Wildman–Crippen LogP) is 4.47. The zero-order chi connectivity index (χ0) is 18.8. The average molecular weight is 383 g/mol. The summed E-state index contributed by atoms with van der Waals surface area (Å²) >= 11 is 1.75. The first-order valence-electron chi connectivity index (χ1n) is 9.54. The number of rotatable bonds is 5. The van der Waals surface area contributed by atoms with E-state index in [9.17, 15) is 0 Å². The van der Waals surface area contributed by atoms with Gasteiger partial charge < -0.3 is 10.6 Å². The number of hydrogen-bond acceptors (Lipinski definition) is 7. The molecule has 7 heteroatoms. The smallest absolute Gasteiger partial charge is 0.146 e. The van der Waals surface area contributed by atoms with Crippen LogP contribution in [0, 0.1) is 13.8 Å². The van der Waals surface area contributed by atoms with Gasteiger partial charge in [-0.2, -0.15) is 0 Å². The number of nitrogens with one attached hydrogen (secondary N) is 2. The van der Waals surface area contributed by atoms with Crippen LogP contribution in [0.25, 0.3) is 10.2 Å². The third-order valence-electron chi connectivity index (χ3n) is 5.17. The monoisotopic (exact) mass is 382 g/mol. The topological polar surface area (TPSA) is 66.0 Å². The third kappa shape index (κ3) is 3.89. The van der Waals surface area contributed by atoms with Gasteiger partial charge in [-0.15, -0.1) is 11.3 Å². The largest absolute Gasteiger partial charge is 0.373 e. The first-order valence-corrected chi connectivity index (χ1v) is 10.4. The number of nitrogens with zero attached hydrogens (tertiary/aromatic N) is 4. The number of aryl methyl sites for hydroxylation is 2. The summed E-state index contributed by atoms with van der Waals surface area (Å²) in [7, 11) is 1.87. The van der Waals surface area contributed by atoms with Crippen LogP contribution in [0.5, 0.6) is 0 Å². The molecule has 0 saturated carbocycles. The first-order chi connectivity index (χ1) is 13.1. The summed E-state index contributed by atoms with van der Waals surface area (Å²) in [5, 5.41) is 7.65. The summed E-state index contributed by atoms with van der Waals surface area (Å²) in [5.74, 6) is 2.63. The van der Waals surface area contributed by atoms with Gasteiger partial charge in [0.15, 0.2) is 0 Å². The van der Waals surface area contributed by atoms with Gasteiger partial charge in [0.2, 0.25) is 0 Å². The van der Waals surface area contributed by atoms with Crippen molar-refractivity contribution >= 4 is 38.9 Å². The van der Waals surface area contributed by atoms with E-state index in [1.807, 2.05) is 25.4 Å². The van der Waals surface area contributed by atoms with E-state index < -0.39 is 0 Å². The zero-order valence-corrected chi connectivity index (χ0v) is 17.0. The standard InChI is InChI=1S/C20H26N6S/c1-13-14(2)27-20-18(13)19(23-15-7-8-16(21-3)22-11-15)24-17(25-20)12-26-9-5-4-6-10-26/h7-8,11H,4-6,9-10,12H2,1-3H3,(H,21,22)(H,23,24,25). The summed E-state index contributed by atoms with van der Waals surface area (Å²) in [6, 6.07) is 3.98. The molecule has 1 fully saturated rings. The van der Waals surface area contributed by atoms with Crippen LogP contribution in [0.2, 0.25) is 0 Å². The molecule has 1 saturated heterocycles. The van der Waals surface area contributed by atoms with Crippen LogP contribution in [0.3, 0.4) is 0 Å². The number of thiophene rings is 1. The molecule has 0 amide bonds. The Balaban J connectivity index is 1.69. The second kappa shape index (κ2) is 7.78. The summed E-state index contributed by atoms with van der Waals surface area (Å²) in [5.41, 5.74) is 2.18. The highest BCUT2D eigenvalue weighted by Gasteiger charge is 2.17. The maximum absolute atomic E-state index is 4.91. The van der Waals surface area contributed by atoms with E-state index in [0.717, 1.165) is 53.0 Å². The highest BCUT2D eigenvalue weighted by atomic mass is 32.1. The number of anilines is 3. The van der Waals surface area contributed by atoms with Crippen LogP contribution in [0.15, 0.2) is 18.3 Å². The lowest BCUT2D eigenvalue weighted by molar-refractivity contribution is 0.216. The fraction of sp³-hybridized carbons (Fsp3) is 0.450. The van der Waals surface area contributed by atoms with Gasteiger partial charge in [-0.25, -0.2) is 15.0 Å². The lowest BCUT2D eigenvalue weighted by Crippen LogP contribution is -2.29. The van der Waals surface area contributed by atoms with Crippen molar-refractivity contribution in [3.63, 3.8) is 0 Å². The van der Waals surface area contributed by atoms with E-state index in [0.29, 0.717) is 0 Å². The number of likely N-dealkylation sites (tertiary alicyclic amines) is 1. The van der Waals surface area contributed by atoms with Gasteiger partial charge in [0.05, 0.1) is 23.8 Å². The van der Waals surface area contributed by atoms with E-state index in [1.165, 1.54) is 29.7 Å². The molecule has 0 unspecified atom stereocenters. The maximum Gasteiger partial charge on any atom is 0.146 e. The zero-order valence-electron chi connectivity index (χ0n) is 16.2.